The molecule has 2 atom stereocenters. The summed E-state index contributed by atoms with van der Waals surface area (Å²) in [7, 11) is 0. The summed E-state index contributed by atoms with van der Waals surface area (Å²) in [5, 5.41) is 8.78. The molecule has 0 bridgehead atoms. The summed E-state index contributed by atoms with van der Waals surface area (Å²) in [5.74, 6) is -0.390. The standard InChI is InChI=1S/C6H10O5/c1-4(7)9-3-6-10-2-5(8)11-6/h5-6,8H,2-3H2,1H3/t5?,6-/m1/s1. The Morgan fingerprint density at radius 1 is 1.82 bits per heavy atom. The average molecular weight is 162 g/mol. The zero-order chi connectivity index (χ0) is 8.27. The van der Waals surface area contributed by atoms with E-state index in [1.807, 2.05) is 0 Å². The van der Waals surface area contributed by atoms with Gasteiger partial charge in [0.05, 0.1) is 0 Å². The maximum Gasteiger partial charge on any atom is 0.302 e. The van der Waals surface area contributed by atoms with Gasteiger partial charge in [0, 0.05) is 6.92 Å². The smallest absolute Gasteiger partial charge is 0.302 e. The third-order valence-corrected chi connectivity index (χ3v) is 1.16. The van der Waals surface area contributed by atoms with Crippen LogP contribution < -0.4 is 0 Å². The van der Waals surface area contributed by atoms with Crippen molar-refractivity contribution in [3.63, 3.8) is 0 Å². The van der Waals surface area contributed by atoms with E-state index in [9.17, 15) is 4.79 Å². The van der Waals surface area contributed by atoms with Crippen LogP contribution in [0.2, 0.25) is 0 Å². The van der Waals surface area contributed by atoms with Crippen LogP contribution in [0.4, 0.5) is 0 Å². The first-order valence-electron chi connectivity index (χ1n) is 3.27. The quantitative estimate of drug-likeness (QED) is 0.541. The van der Waals surface area contributed by atoms with Gasteiger partial charge < -0.3 is 19.3 Å². The molecule has 1 rings (SSSR count). The summed E-state index contributed by atoms with van der Waals surface area (Å²) >= 11 is 0. The van der Waals surface area contributed by atoms with Crippen LogP contribution in [0.15, 0.2) is 0 Å². The first-order chi connectivity index (χ1) is 5.18. The Hall–Kier alpha value is -0.650. The minimum Gasteiger partial charge on any atom is -0.460 e. The van der Waals surface area contributed by atoms with Crippen molar-refractivity contribution >= 4 is 5.97 Å². The molecule has 1 unspecified atom stereocenters. The number of rotatable bonds is 2. The number of aliphatic hydroxyl groups excluding tert-OH is 1. The molecule has 0 aromatic heterocycles. The highest BCUT2D eigenvalue weighted by atomic mass is 16.8. The lowest BCUT2D eigenvalue weighted by atomic mass is 10.7. The van der Waals surface area contributed by atoms with E-state index in [2.05, 4.69) is 4.74 Å². The highest BCUT2D eigenvalue weighted by Crippen LogP contribution is 2.08. The number of hydrogen-bond acceptors (Lipinski definition) is 5. The van der Waals surface area contributed by atoms with Gasteiger partial charge in [0.25, 0.3) is 0 Å². The number of esters is 1. The Morgan fingerprint density at radius 2 is 2.55 bits per heavy atom. The molecule has 0 aromatic carbocycles. The second-order valence-corrected chi connectivity index (χ2v) is 2.16. The molecule has 0 amide bonds. The van der Waals surface area contributed by atoms with Crippen molar-refractivity contribution < 1.29 is 24.1 Å². The molecule has 5 nitrogen and oxygen atoms in total. The average Bonchev–Trinajstić information content (AvgIpc) is 2.31. The van der Waals surface area contributed by atoms with Crippen molar-refractivity contribution in [2.24, 2.45) is 0 Å². The van der Waals surface area contributed by atoms with Gasteiger partial charge in [-0.25, -0.2) is 0 Å². The summed E-state index contributed by atoms with van der Waals surface area (Å²) in [6, 6.07) is 0. The summed E-state index contributed by atoms with van der Waals surface area (Å²) in [6.45, 7) is 1.46. The van der Waals surface area contributed by atoms with Crippen LogP contribution in [0.3, 0.4) is 0 Å². The lowest BCUT2D eigenvalue weighted by Crippen LogP contribution is -2.19. The summed E-state index contributed by atoms with van der Waals surface area (Å²) in [4.78, 5) is 10.3. The molecule has 1 heterocycles. The summed E-state index contributed by atoms with van der Waals surface area (Å²) < 4.78 is 14.2. The molecular formula is C6H10O5. The van der Waals surface area contributed by atoms with Gasteiger partial charge in [-0.2, -0.15) is 0 Å². The third kappa shape index (κ3) is 2.83. The van der Waals surface area contributed by atoms with Crippen molar-refractivity contribution in [2.45, 2.75) is 19.5 Å². The zero-order valence-corrected chi connectivity index (χ0v) is 6.15. The van der Waals surface area contributed by atoms with E-state index < -0.39 is 18.5 Å². The van der Waals surface area contributed by atoms with Crippen LogP contribution >= 0.6 is 0 Å². The number of ether oxygens (including phenoxy) is 3. The van der Waals surface area contributed by atoms with Crippen LogP contribution in [-0.2, 0) is 19.0 Å². The Balaban J connectivity index is 2.13. The fourth-order valence-electron chi connectivity index (χ4n) is 0.716. The second-order valence-electron chi connectivity index (χ2n) is 2.16. The molecular weight excluding hydrogens is 152 g/mol. The molecule has 64 valence electrons. The Labute approximate surface area is 63.9 Å². The molecule has 1 aliphatic rings. The van der Waals surface area contributed by atoms with Crippen LogP contribution in [0.5, 0.6) is 0 Å². The molecule has 0 spiro atoms. The molecule has 5 heteroatoms. The predicted molar refractivity (Wildman–Crippen MR) is 33.5 cm³/mol. The normalized spacial score (nSPS) is 30.4. The molecule has 11 heavy (non-hydrogen) atoms. The van der Waals surface area contributed by atoms with Gasteiger partial charge in [-0.05, 0) is 0 Å². The number of hydrogen-bond donors (Lipinski definition) is 1. The largest absolute Gasteiger partial charge is 0.460 e. The molecule has 1 fully saturated rings. The first-order valence-corrected chi connectivity index (χ1v) is 3.27. The lowest BCUT2D eigenvalue weighted by Gasteiger charge is -2.07. The minimum absolute atomic E-state index is 0.0341. The maximum absolute atomic E-state index is 10.3. The molecule has 1 saturated heterocycles. The predicted octanol–water partition coefficient (Wildman–Crippen LogP) is -0.759. The minimum atomic E-state index is -0.893. The molecule has 0 aliphatic carbocycles. The van der Waals surface area contributed by atoms with Crippen LogP contribution in [0.1, 0.15) is 6.92 Å². The summed E-state index contributed by atoms with van der Waals surface area (Å²) in [6.07, 6.45) is -1.51. The zero-order valence-electron chi connectivity index (χ0n) is 6.15. The molecule has 1 aliphatic heterocycles. The molecule has 0 aromatic rings. The van der Waals surface area contributed by atoms with E-state index in [-0.39, 0.29) is 13.2 Å². The maximum atomic E-state index is 10.3. The van der Waals surface area contributed by atoms with Gasteiger partial charge in [0.1, 0.15) is 13.2 Å². The fraction of sp³-hybridized carbons (Fsp3) is 0.833. The number of carbonyl (C=O) groups is 1. The van der Waals surface area contributed by atoms with Crippen LogP contribution in [0.25, 0.3) is 0 Å². The van der Waals surface area contributed by atoms with Crippen molar-refractivity contribution in [1.29, 1.82) is 0 Å². The number of aliphatic hydroxyl groups is 1. The van der Waals surface area contributed by atoms with Crippen molar-refractivity contribution in [1.82, 2.24) is 0 Å². The molecule has 0 radical (unpaired) electrons. The Morgan fingerprint density at radius 3 is 3.00 bits per heavy atom. The van der Waals surface area contributed by atoms with Crippen molar-refractivity contribution in [3.8, 4) is 0 Å². The van der Waals surface area contributed by atoms with E-state index in [1.54, 1.807) is 0 Å². The summed E-state index contributed by atoms with van der Waals surface area (Å²) in [5.41, 5.74) is 0. The molecule has 1 N–H and O–H groups in total. The topological polar surface area (TPSA) is 65.0 Å². The van der Waals surface area contributed by atoms with Crippen molar-refractivity contribution in [3.05, 3.63) is 0 Å². The SMILES string of the molecule is CC(=O)OC[C@@H]1OCC(O)O1. The highest BCUT2D eigenvalue weighted by molar-refractivity contribution is 5.65. The monoisotopic (exact) mass is 162 g/mol. The third-order valence-electron chi connectivity index (χ3n) is 1.16. The van der Waals surface area contributed by atoms with E-state index >= 15 is 0 Å². The van der Waals surface area contributed by atoms with Gasteiger partial charge >= 0.3 is 5.97 Å². The van der Waals surface area contributed by atoms with Crippen molar-refractivity contribution in [2.75, 3.05) is 13.2 Å². The van der Waals surface area contributed by atoms with Gasteiger partial charge in [-0.3, -0.25) is 4.79 Å². The lowest BCUT2D eigenvalue weighted by molar-refractivity contribution is -0.163. The fourth-order valence-corrected chi connectivity index (χ4v) is 0.716. The van der Waals surface area contributed by atoms with Gasteiger partial charge in [-0.15, -0.1) is 0 Å². The highest BCUT2D eigenvalue weighted by Gasteiger charge is 2.24. The van der Waals surface area contributed by atoms with Gasteiger partial charge in [0.15, 0.2) is 12.6 Å². The molecule has 0 saturated carbocycles. The van der Waals surface area contributed by atoms with E-state index in [0.29, 0.717) is 0 Å². The van der Waals surface area contributed by atoms with E-state index in [0.717, 1.165) is 0 Å². The first kappa shape index (κ1) is 8.45. The Kier molecular flexibility index (Phi) is 2.81. The van der Waals surface area contributed by atoms with E-state index in [4.69, 9.17) is 14.6 Å². The second kappa shape index (κ2) is 3.66. The van der Waals surface area contributed by atoms with Crippen LogP contribution in [0, 0.1) is 0 Å². The van der Waals surface area contributed by atoms with E-state index in [1.165, 1.54) is 6.92 Å². The van der Waals surface area contributed by atoms with Gasteiger partial charge in [0.2, 0.25) is 0 Å². The van der Waals surface area contributed by atoms with Crippen LogP contribution in [-0.4, -0.2) is 36.9 Å². The van der Waals surface area contributed by atoms with Gasteiger partial charge in [-0.1, -0.05) is 0 Å². The number of carbonyl (C=O) groups excluding carboxylic acids is 1. The Bertz CT molecular complexity index is 146.